The average Bonchev–Trinajstić information content (AvgIpc) is 2.53. The van der Waals surface area contributed by atoms with Gasteiger partial charge in [-0.3, -0.25) is 9.59 Å². The van der Waals surface area contributed by atoms with Crippen molar-refractivity contribution < 1.29 is 14.0 Å². The number of carbonyl (C=O) groups is 2. The van der Waals surface area contributed by atoms with Crippen molar-refractivity contribution in [1.82, 2.24) is 0 Å². The molecule has 0 saturated heterocycles. The second-order valence-electron chi connectivity index (χ2n) is 4.79. The topological polar surface area (TPSA) is 49.4 Å². The third kappa shape index (κ3) is 3.12. The summed E-state index contributed by atoms with van der Waals surface area (Å²) in [5.41, 5.74) is 1.34. The number of hydrogen-bond donors (Lipinski definition) is 1. The number of fused-ring (bicyclic) bond motifs is 1. The maximum atomic E-state index is 12.9. The lowest BCUT2D eigenvalue weighted by molar-refractivity contribution is -0.120. The number of anilines is 2. The van der Waals surface area contributed by atoms with E-state index in [9.17, 15) is 14.0 Å². The van der Waals surface area contributed by atoms with Gasteiger partial charge in [-0.05, 0) is 36.4 Å². The zero-order chi connectivity index (χ0) is 15.5. The molecule has 0 saturated carbocycles. The van der Waals surface area contributed by atoms with Gasteiger partial charge in [0.05, 0.1) is 17.1 Å². The Kier molecular flexibility index (Phi) is 4.11. The molecule has 2 aromatic rings. The molecule has 0 unspecified atom stereocenters. The van der Waals surface area contributed by atoms with Crippen LogP contribution in [0.2, 0.25) is 0 Å². The molecule has 6 heteroatoms. The summed E-state index contributed by atoms with van der Waals surface area (Å²) in [5.74, 6) is -0.486. The van der Waals surface area contributed by atoms with Crippen molar-refractivity contribution in [3.05, 3.63) is 54.3 Å². The molecule has 1 aliphatic heterocycles. The number of carbonyl (C=O) groups excluding carboxylic acids is 2. The van der Waals surface area contributed by atoms with Crippen LogP contribution in [-0.2, 0) is 9.59 Å². The van der Waals surface area contributed by atoms with E-state index in [-0.39, 0.29) is 29.9 Å². The molecular weight excluding hydrogens is 303 g/mol. The molecule has 2 amide bonds. The second kappa shape index (κ2) is 6.19. The van der Waals surface area contributed by atoms with Crippen molar-refractivity contribution in [1.29, 1.82) is 0 Å². The molecule has 0 aliphatic carbocycles. The first-order chi connectivity index (χ1) is 10.6. The first kappa shape index (κ1) is 14.6. The van der Waals surface area contributed by atoms with Gasteiger partial charge in [-0.2, -0.15) is 0 Å². The Morgan fingerprint density at radius 2 is 1.91 bits per heavy atom. The molecule has 0 atom stereocenters. The lowest BCUT2D eigenvalue weighted by atomic mass is 10.2. The highest BCUT2D eigenvalue weighted by Crippen LogP contribution is 2.30. The van der Waals surface area contributed by atoms with Crippen molar-refractivity contribution in [3.63, 3.8) is 0 Å². The number of benzene rings is 2. The lowest BCUT2D eigenvalue weighted by Crippen LogP contribution is -2.43. The Bertz CT molecular complexity index is 718. The predicted octanol–water partition coefficient (Wildman–Crippen LogP) is 2.90. The molecule has 1 aliphatic rings. The molecule has 2 aromatic carbocycles. The molecule has 0 spiro atoms. The van der Waals surface area contributed by atoms with Gasteiger partial charge in [-0.15, -0.1) is 11.8 Å². The molecular formula is C16H13FN2O2S. The number of amides is 2. The summed E-state index contributed by atoms with van der Waals surface area (Å²) in [6.07, 6.45) is 0. The lowest BCUT2D eigenvalue weighted by Gasteiger charge is -2.29. The fraction of sp³-hybridized carbons (Fsp3) is 0.125. The monoisotopic (exact) mass is 316 g/mol. The standard InChI is InChI=1S/C16H13FN2O2S/c17-11-5-7-12(8-6-11)22-10-16(21)19-9-15(20)18-13-3-1-2-4-14(13)19/h1-8H,9-10H2,(H,18,20). The van der Waals surface area contributed by atoms with Gasteiger partial charge < -0.3 is 10.2 Å². The SMILES string of the molecule is O=C1CN(C(=O)CSc2ccc(F)cc2)c2ccccc2N1. The number of nitrogens with one attached hydrogen (secondary N) is 1. The van der Waals surface area contributed by atoms with E-state index in [0.29, 0.717) is 11.4 Å². The summed E-state index contributed by atoms with van der Waals surface area (Å²) < 4.78 is 12.9. The van der Waals surface area contributed by atoms with Gasteiger partial charge in [-0.25, -0.2) is 4.39 Å². The first-order valence-electron chi connectivity index (χ1n) is 6.71. The molecule has 0 radical (unpaired) electrons. The van der Waals surface area contributed by atoms with Gasteiger partial charge in [0.25, 0.3) is 0 Å². The molecule has 3 rings (SSSR count). The zero-order valence-corrected chi connectivity index (χ0v) is 12.4. The summed E-state index contributed by atoms with van der Waals surface area (Å²) in [6, 6.07) is 13.2. The smallest absolute Gasteiger partial charge is 0.244 e. The van der Waals surface area contributed by atoms with Crippen LogP contribution in [0, 0.1) is 5.82 Å². The minimum Gasteiger partial charge on any atom is -0.323 e. The molecule has 112 valence electrons. The van der Waals surface area contributed by atoms with Crippen LogP contribution in [0.3, 0.4) is 0 Å². The Labute approximate surface area is 131 Å². The van der Waals surface area contributed by atoms with E-state index >= 15 is 0 Å². The number of para-hydroxylation sites is 2. The normalized spacial score (nSPS) is 13.5. The molecule has 22 heavy (non-hydrogen) atoms. The van der Waals surface area contributed by atoms with Crippen molar-refractivity contribution in [2.24, 2.45) is 0 Å². The fourth-order valence-corrected chi connectivity index (χ4v) is 2.98. The molecule has 1 heterocycles. The van der Waals surface area contributed by atoms with Gasteiger partial charge in [0.15, 0.2) is 0 Å². The Morgan fingerprint density at radius 3 is 2.68 bits per heavy atom. The second-order valence-corrected chi connectivity index (χ2v) is 5.84. The van der Waals surface area contributed by atoms with E-state index in [1.807, 2.05) is 6.07 Å². The fourth-order valence-electron chi connectivity index (χ4n) is 2.21. The van der Waals surface area contributed by atoms with Crippen LogP contribution >= 0.6 is 11.8 Å². The highest BCUT2D eigenvalue weighted by molar-refractivity contribution is 8.00. The maximum absolute atomic E-state index is 12.9. The van der Waals surface area contributed by atoms with E-state index in [1.165, 1.54) is 28.8 Å². The van der Waals surface area contributed by atoms with Gasteiger partial charge in [-0.1, -0.05) is 12.1 Å². The molecule has 0 fully saturated rings. The van der Waals surface area contributed by atoms with Crippen LogP contribution in [0.5, 0.6) is 0 Å². The summed E-state index contributed by atoms with van der Waals surface area (Å²) in [6.45, 7) is 0.0137. The van der Waals surface area contributed by atoms with Crippen LogP contribution in [0.1, 0.15) is 0 Å². The molecule has 1 N–H and O–H groups in total. The third-order valence-electron chi connectivity index (χ3n) is 3.25. The summed E-state index contributed by atoms with van der Waals surface area (Å²) in [5, 5.41) is 2.74. The molecule has 0 bridgehead atoms. The average molecular weight is 316 g/mol. The van der Waals surface area contributed by atoms with Crippen LogP contribution in [0.4, 0.5) is 15.8 Å². The van der Waals surface area contributed by atoms with E-state index in [0.717, 1.165) is 4.90 Å². The maximum Gasteiger partial charge on any atom is 0.244 e. The van der Waals surface area contributed by atoms with Crippen LogP contribution in [-0.4, -0.2) is 24.1 Å². The van der Waals surface area contributed by atoms with Gasteiger partial charge in [0.1, 0.15) is 12.4 Å². The van der Waals surface area contributed by atoms with E-state index in [1.54, 1.807) is 30.3 Å². The van der Waals surface area contributed by atoms with E-state index in [2.05, 4.69) is 5.32 Å². The highest BCUT2D eigenvalue weighted by atomic mass is 32.2. The minimum atomic E-state index is -0.308. The predicted molar refractivity (Wildman–Crippen MR) is 84.5 cm³/mol. The quantitative estimate of drug-likeness (QED) is 0.886. The zero-order valence-electron chi connectivity index (χ0n) is 11.6. The van der Waals surface area contributed by atoms with Crippen molar-refractivity contribution in [3.8, 4) is 0 Å². The van der Waals surface area contributed by atoms with E-state index < -0.39 is 0 Å². The number of halogens is 1. The number of thioether (sulfide) groups is 1. The van der Waals surface area contributed by atoms with Gasteiger partial charge in [0, 0.05) is 4.90 Å². The highest BCUT2D eigenvalue weighted by Gasteiger charge is 2.26. The van der Waals surface area contributed by atoms with Crippen LogP contribution in [0.25, 0.3) is 0 Å². The van der Waals surface area contributed by atoms with Crippen molar-refractivity contribution in [2.75, 3.05) is 22.5 Å². The first-order valence-corrected chi connectivity index (χ1v) is 7.69. The number of rotatable bonds is 3. The van der Waals surface area contributed by atoms with E-state index in [4.69, 9.17) is 0 Å². The minimum absolute atomic E-state index is 0.0137. The van der Waals surface area contributed by atoms with Crippen molar-refractivity contribution in [2.45, 2.75) is 4.90 Å². The summed E-state index contributed by atoms with van der Waals surface area (Å²) >= 11 is 1.32. The number of hydrogen-bond acceptors (Lipinski definition) is 3. The van der Waals surface area contributed by atoms with Crippen LogP contribution in [0.15, 0.2) is 53.4 Å². The molecule has 0 aromatic heterocycles. The summed E-state index contributed by atoms with van der Waals surface area (Å²) in [7, 11) is 0. The Morgan fingerprint density at radius 1 is 1.18 bits per heavy atom. The van der Waals surface area contributed by atoms with Crippen LogP contribution < -0.4 is 10.2 Å². The van der Waals surface area contributed by atoms with Gasteiger partial charge >= 0.3 is 0 Å². The third-order valence-corrected chi connectivity index (χ3v) is 4.24. The number of nitrogens with zero attached hydrogens (tertiary/aromatic N) is 1. The largest absolute Gasteiger partial charge is 0.323 e. The van der Waals surface area contributed by atoms with Crippen molar-refractivity contribution >= 4 is 35.0 Å². The Hall–Kier alpha value is -2.34. The van der Waals surface area contributed by atoms with Gasteiger partial charge in [0.2, 0.25) is 11.8 Å². The Balaban J connectivity index is 1.72. The summed E-state index contributed by atoms with van der Waals surface area (Å²) in [4.78, 5) is 26.4. The molecule has 4 nitrogen and oxygen atoms in total.